The molecule has 1 aromatic heterocycles. The quantitative estimate of drug-likeness (QED) is 0.858. The number of nitrogens with one attached hydrogen (secondary N) is 1. The molecule has 0 bridgehead atoms. The zero-order valence-electron chi connectivity index (χ0n) is 13.6. The number of amides is 1. The maximum atomic E-state index is 12.9. The summed E-state index contributed by atoms with van der Waals surface area (Å²) in [6.07, 6.45) is 5.96. The molecular weight excluding hydrogens is 361 g/mol. The minimum atomic E-state index is -0.106. The Morgan fingerprint density at radius 1 is 1.28 bits per heavy atom. The monoisotopic (exact) mass is 379 g/mol. The van der Waals surface area contributed by atoms with E-state index in [1.54, 1.807) is 0 Å². The molecule has 1 amide bonds. The maximum absolute atomic E-state index is 12.9. The van der Waals surface area contributed by atoms with Crippen molar-refractivity contribution < 1.29 is 9.90 Å². The predicted octanol–water partition coefficient (Wildman–Crippen LogP) is 3.37. The number of aromatic hydroxyl groups is 1. The van der Waals surface area contributed by atoms with Gasteiger partial charge in [0.25, 0.3) is 0 Å². The number of nitrogens with zero attached hydrogens (tertiary/aromatic N) is 2. The van der Waals surface area contributed by atoms with Gasteiger partial charge in [-0.1, -0.05) is 23.2 Å². The van der Waals surface area contributed by atoms with Crippen LogP contribution in [-0.4, -0.2) is 38.7 Å². The summed E-state index contributed by atoms with van der Waals surface area (Å²) in [4.78, 5) is 14.9. The molecule has 2 aliphatic rings. The summed E-state index contributed by atoms with van der Waals surface area (Å²) in [6.45, 7) is 0.772. The molecule has 1 aliphatic carbocycles. The summed E-state index contributed by atoms with van der Waals surface area (Å²) in [5, 5.41) is 17.5. The van der Waals surface area contributed by atoms with Gasteiger partial charge in [0.05, 0.1) is 6.20 Å². The molecule has 2 heterocycles. The summed E-state index contributed by atoms with van der Waals surface area (Å²) in [5.74, 6) is 0.110. The number of hydrogen-bond donors (Lipinski definition) is 2. The van der Waals surface area contributed by atoms with Crippen molar-refractivity contribution in [1.82, 2.24) is 15.1 Å². The average molecular weight is 380 g/mol. The van der Waals surface area contributed by atoms with E-state index in [-0.39, 0.29) is 23.6 Å². The first-order valence-electron chi connectivity index (χ1n) is 8.51. The van der Waals surface area contributed by atoms with Crippen molar-refractivity contribution in [2.45, 2.75) is 38.1 Å². The Hall–Kier alpha value is -1.72. The molecule has 5 nitrogen and oxygen atoms in total. The summed E-state index contributed by atoms with van der Waals surface area (Å²) >= 11 is 12.4. The van der Waals surface area contributed by atoms with Crippen LogP contribution in [0, 0.1) is 5.92 Å². The Morgan fingerprint density at radius 3 is 2.80 bits per heavy atom. The number of aryl methyl sites for hydroxylation is 1. The number of phenols is 1. The first-order valence-corrected chi connectivity index (χ1v) is 9.27. The van der Waals surface area contributed by atoms with E-state index in [0.717, 1.165) is 37.8 Å². The van der Waals surface area contributed by atoms with Gasteiger partial charge in [0.1, 0.15) is 5.75 Å². The van der Waals surface area contributed by atoms with E-state index in [4.69, 9.17) is 23.2 Å². The van der Waals surface area contributed by atoms with Gasteiger partial charge in [0.2, 0.25) is 5.91 Å². The number of benzene rings is 1. The summed E-state index contributed by atoms with van der Waals surface area (Å²) in [6, 6.07) is 3.19. The van der Waals surface area contributed by atoms with Crippen LogP contribution in [-0.2, 0) is 24.1 Å². The van der Waals surface area contributed by atoms with Gasteiger partial charge in [-0.25, -0.2) is 0 Å². The molecule has 2 atom stereocenters. The number of rotatable bonds is 3. The number of aromatic amines is 1. The fourth-order valence-corrected chi connectivity index (χ4v) is 4.64. The number of carbonyl (C=O) groups is 1. The predicted molar refractivity (Wildman–Crippen MR) is 96.1 cm³/mol. The molecule has 4 rings (SSSR count). The minimum absolute atomic E-state index is 0.0382. The number of H-pyrrole nitrogens is 1. The highest BCUT2D eigenvalue weighted by Gasteiger charge is 2.37. The van der Waals surface area contributed by atoms with Crippen molar-refractivity contribution in [3.05, 3.63) is 45.2 Å². The Kier molecular flexibility index (Phi) is 4.38. The fraction of sp³-hybridized carbons (Fsp3) is 0.444. The van der Waals surface area contributed by atoms with Crippen molar-refractivity contribution in [2.24, 2.45) is 5.92 Å². The lowest BCUT2D eigenvalue weighted by molar-refractivity contribution is -0.133. The van der Waals surface area contributed by atoms with Crippen molar-refractivity contribution in [1.29, 1.82) is 0 Å². The van der Waals surface area contributed by atoms with Crippen LogP contribution in [0.1, 0.15) is 29.7 Å². The van der Waals surface area contributed by atoms with Gasteiger partial charge in [0.15, 0.2) is 0 Å². The maximum Gasteiger partial charge on any atom is 0.226 e. The second-order valence-corrected chi connectivity index (χ2v) is 7.69. The van der Waals surface area contributed by atoms with Crippen LogP contribution in [0.3, 0.4) is 0 Å². The molecule has 0 radical (unpaired) electrons. The van der Waals surface area contributed by atoms with E-state index in [9.17, 15) is 9.90 Å². The molecule has 1 aliphatic heterocycles. The van der Waals surface area contributed by atoms with E-state index in [2.05, 4.69) is 10.2 Å². The molecule has 7 heteroatoms. The summed E-state index contributed by atoms with van der Waals surface area (Å²) < 4.78 is 0. The van der Waals surface area contributed by atoms with Gasteiger partial charge < -0.3 is 10.0 Å². The lowest BCUT2D eigenvalue weighted by atomic mass is 9.92. The number of likely N-dealkylation sites (tertiary alicyclic amines) is 1. The normalized spacial score (nSPS) is 23.1. The Morgan fingerprint density at radius 2 is 2.04 bits per heavy atom. The van der Waals surface area contributed by atoms with E-state index >= 15 is 0 Å². The fourth-order valence-electron chi connectivity index (χ4n) is 4.01. The van der Waals surface area contributed by atoms with Gasteiger partial charge in [-0.05, 0) is 55.4 Å². The highest BCUT2D eigenvalue weighted by atomic mass is 35.5. The van der Waals surface area contributed by atoms with Crippen LogP contribution in [0.5, 0.6) is 5.75 Å². The number of carbonyl (C=O) groups excluding carboxylic acids is 1. The van der Waals surface area contributed by atoms with Gasteiger partial charge in [0, 0.05) is 34.2 Å². The summed E-state index contributed by atoms with van der Waals surface area (Å²) in [7, 11) is 0. The molecule has 25 heavy (non-hydrogen) atoms. The Balaban J connectivity index is 1.47. The molecule has 1 aromatic carbocycles. The van der Waals surface area contributed by atoms with Crippen LogP contribution in [0.2, 0.25) is 10.0 Å². The van der Waals surface area contributed by atoms with E-state index < -0.39 is 0 Å². The second kappa shape index (κ2) is 6.54. The standard InChI is InChI=1S/C18H19Cl2N3O2/c19-15-7-13(24)8-16(20)14(15)6-10-3-4-23(18(10)25)12-1-2-17-11(5-12)9-21-22-17/h7-10,12,24H,1-6H2,(H,21,22)/t10-,12+/m0/s1. The molecule has 1 saturated heterocycles. The van der Waals surface area contributed by atoms with Crippen molar-refractivity contribution in [2.75, 3.05) is 6.54 Å². The molecule has 132 valence electrons. The van der Waals surface area contributed by atoms with Gasteiger partial charge in [-0.2, -0.15) is 5.10 Å². The number of phenolic OH excluding ortho intramolecular Hbond substituents is 1. The lowest BCUT2D eigenvalue weighted by Gasteiger charge is -2.31. The van der Waals surface area contributed by atoms with E-state index in [1.165, 1.54) is 23.4 Å². The minimum Gasteiger partial charge on any atom is -0.508 e. The number of aromatic nitrogens is 2. The van der Waals surface area contributed by atoms with Gasteiger partial charge >= 0.3 is 0 Å². The Labute approximate surface area is 155 Å². The zero-order valence-corrected chi connectivity index (χ0v) is 15.1. The third-order valence-electron chi connectivity index (χ3n) is 5.36. The largest absolute Gasteiger partial charge is 0.508 e. The SMILES string of the molecule is O=C1[C@H](Cc2c(Cl)cc(O)cc2Cl)CCN1[C@@H]1CCc2[nH]ncc2C1. The molecule has 0 spiro atoms. The topological polar surface area (TPSA) is 69.2 Å². The number of fused-ring (bicyclic) bond motifs is 1. The highest BCUT2D eigenvalue weighted by molar-refractivity contribution is 6.36. The van der Waals surface area contributed by atoms with E-state index in [1.807, 2.05) is 11.1 Å². The van der Waals surface area contributed by atoms with Crippen LogP contribution in [0.4, 0.5) is 0 Å². The average Bonchev–Trinajstić information content (AvgIpc) is 3.17. The van der Waals surface area contributed by atoms with Gasteiger partial charge in [-0.15, -0.1) is 0 Å². The van der Waals surface area contributed by atoms with E-state index in [0.29, 0.717) is 16.5 Å². The molecule has 1 fully saturated rings. The van der Waals surface area contributed by atoms with Crippen LogP contribution in [0.15, 0.2) is 18.3 Å². The van der Waals surface area contributed by atoms with Crippen LogP contribution >= 0.6 is 23.2 Å². The molecule has 0 unspecified atom stereocenters. The first kappa shape index (κ1) is 16.7. The van der Waals surface area contributed by atoms with Crippen molar-refractivity contribution >= 4 is 29.1 Å². The molecule has 0 saturated carbocycles. The lowest BCUT2D eigenvalue weighted by Crippen LogP contribution is -2.41. The second-order valence-electron chi connectivity index (χ2n) is 6.88. The third kappa shape index (κ3) is 3.11. The third-order valence-corrected chi connectivity index (χ3v) is 6.03. The zero-order chi connectivity index (χ0) is 17.6. The smallest absolute Gasteiger partial charge is 0.226 e. The van der Waals surface area contributed by atoms with Crippen LogP contribution < -0.4 is 0 Å². The molecule has 2 N–H and O–H groups in total. The van der Waals surface area contributed by atoms with Gasteiger partial charge in [-0.3, -0.25) is 9.89 Å². The van der Waals surface area contributed by atoms with Crippen molar-refractivity contribution in [3.63, 3.8) is 0 Å². The molecular formula is C18H19Cl2N3O2. The number of hydrogen-bond acceptors (Lipinski definition) is 3. The molecule has 2 aromatic rings. The summed E-state index contributed by atoms with van der Waals surface area (Å²) in [5.41, 5.74) is 3.15. The highest BCUT2D eigenvalue weighted by Crippen LogP contribution is 2.35. The first-order chi connectivity index (χ1) is 12.0. The number of halogens is 2. The Bertz CT molecular complexity index is 797. The van der Waals surface area contributed by atoms with Crippen LogP contribution in [0.25, 0.3) is 0 Å². The van der Waals surface area contributed by atoms with Crippen molar-refractivity contribution in [3.8, 4) is 5.75 Å².